The quantitative estimate of drug-likeness (QED) is 0.238. The van der Waals surface area contributed by atoms with Crippen LogP contribution in [0.5, 0.6) is 0 Å². The highest BCUT2D eigenvalue weighted by molar-refractivity contribution is 6.03. The van der Waals surface area contributed by atoms with Gasteiger partial charge in [-0.25, -0.2) is 9.18 Å². The van der Waals surface area contributed by atoms with E-state index in [0.717, 1.165) is 0 Å². The predicted octanol–water partition coefficient (Wildman–Crippen LogP) is 1.87. The Hall–Kier alpha value is -2.13. The van der Waals surface area contributed by atoms with E-state index in [1.54, 1.807) is 0 Å². The summed E-state index contributed by atoms with van der Waals surface area (Å²) < 4.78 is 65.3. The Balaban J connectivity index is 1.79. The molecule has 1 heterocycles. The number of hydrogen-bond donors (Lipinski definition) is 0. The first-order valence-electron chi connectivity index (χ1n) is 7.93. The number of alkyl halides is 4. The second-order valence-corrected chi connectivity index (χ2v) is 6.89. The maximum absolute atomic E-state index is 12.7. The van der Waals surface area contributed by atoms with Crippen molar-refractivity contribution in [3.05, 3.63) is 12.2 Å². The number of hydrogen-bond acceptors (Lipinski definition) is 6. The molecule has 6 atom stereocenters. The van der Waals surface area contributed by atoms with Crippen molar-refractivity contribution in [2.24, 2.45) is 17.3 Å². The molecule has 6 unspecified atom stereocenters. The van der Waals surface area contributed by atoms with Crippen LogP contribution in [0.3, 0.4) is 0 Å². The van der Waals surface area contributed by atoms with Gasteiger partial charge < -0.3 is 14.2 Å². The Labute approximate surface area is 145 Å². The molecule has 0 aromatic heterocycles. The predicted molar refractivity (Wildman–Crippen MR) is 75.1 cm³/mol. The van der Waals surface area contributed by atoms with E-state index in [4.69, 9.17) is 9.47 Å². The molecule has 3 rings (SSSR count). The standard InChI is InChI=1S/C16H16F4O6/c1-6(2)12(21)25-10-7-3-8-11(10)26-14(23)15(8,4-7)13(22)24-9(5-17)16(18,19)20/h7-11H,1,3-5H2,2H3. The van der Waals surface area contributed by atoms with Gasteiger partial charge in [-0.1, -0.05) is 6.58 Å². The number of esters is 3. The summed E-state index contributed by atoms with van der Waals surface area (Å²) in [5.41, 5.74) is -1.76. The zero-order valence-electron chi connectivity index (χ0n) is 13.7. The molecule has 144 valence electrons. The summed E-state index contributed by atoms with van der Waals surface area (Å²) in [5.74, 6) is -4.37. The fourth-order valence-electron chi connectivity index (χ4n) is 4.08. The summed E-state index contributed by atoms with van der Waals surface area (Å²) in [5, 5.41) is 0. The molecule has 0 radical (unpaired) electrons. The lowest BCUT2D eigenvalue weighted by atomic mass is 9.73. The Kier molecular flexibility index (Phi) is 4.27. The summed E-state index contributed by atoms with van der Waals surface area (Å²) in [7, 11) is 0. The highest BCUT2D eigenvalue weighted by Crippen LogP contribution is 2.63. The molecule has 26 heavy (non-hydrogen) atoms. The summed E-state index contributed by atoms with van der Waals surface area (Å²) in [6.07, 6.45) is -9.67. The fraction of sp³-hybridized carbons (Fsp3) is 0.688. The zero-order valence-corrected chi connectivity index (χ0v) is 13.7. The van der Waals surface area contributed by atoms with Gasteiger partial charge in [0.05, 0.1) is 0 Å². The van der Waals surface area contributed by atoms with E-state index >= 15 is 0 Å². The molecular formula is C16H16F4O6. The number of fused-ring (bicyclic) bond motifs is 1. The molecule has 1 saturated heterocycles. The summed E-state index contributed by atoms with van der Waals surface area (Å²) in [4.78, 5) is 36.4. The lowest BCUT2D eigenvalue weighted by Crippen LogP contribution is -2.48. The average Bonchev–Trinajstić information content (AvgIpc) is 3.13. The van der Waals surface area contributed by atoms with Crippen LogP contribution in [-0.2, 0) is 28.6 Å². The van der Waals surface area contributed by atoms with Crippen LogP contribution < -0.4 is 0 Å². The molecule has 2 saturated carbocycles. The van der Waals surface area contributed by atoms with Crippen molar-refractivity contribution in [1.29, 1.82) is 0 Å². The molecule has 10 heteroatoms. The van der Waals surface area contributed by atoms with Gasteiger partial charge in [0.1, 0.15) is 18.9 Å². The second kappa shape index (κ2) is 5.95. The molecule has 0 spiro atoms. The van der Waals surface area contributed by atoms with E-state index in [0.29, 0.717) is 0 Å². The molecule has 2 aliphatic carbocycles. The molecule has 0 aromatic carbocycles. The molecule has 2 bridgehead atoms. The van der Waals surface area contributed by atoms with Gasteiger partial charge in [-0.3, -0.25) is 9.59 Å². The largest absolute Gasteiger partial charge is 0.457 e. The van der Waals surface area contributed by atoms with Crippen molar-refractivity contribution in [1.82, 2.24) is 0 Å². The minimum absolute atomic E-state index is 0.138. The topological polar surface area (TPSA) is 78.9 Å². The minimum atomic E-state index is -5.08. The molecule has 0 aromatic rings. The van der Waals surface area contributed by atoms with Crippen molar-refractivity contribution in [3.8, 4) is 0 Å². The van der Waals surface area contributed by atoms with Gasteiger partial charge in [0.25, 0.3) is 0 Å². The van der Waals surface area contributed by atoms with E-state index in [1.807, 2.05) is 0 Å². The van der Waals surface area contributed by atoms with Gasteiger partial charge in [-0.05, 0) is 19.8 Å². The summed E-state index contributed by atoms with van der Waals surface area (Å²) in [6, 6.07) is 0. The molecule has 0 N–H and O–H groups in total. The molecule has 3 fully saturated rings. The highest BCUT2D eigenvalue weighted by atomic mass is 19.4. The molecular weight excluding hydrogens is 364 g/mol. The van der Waals surface area contributed by atoms with Gasteiger partial charge in [0.15, 0.2) is 5.41 Å². The van der Waals surface area contributed by atoms with Crippen LogP contribution in [0.15, 0.2) is 12.2 Å². The van der Waals surface area contributed by atoms with E-state index in [-0.39, 0.29) is 18.4 Å². The van der Waals surface area contributed by atoms with Crippen LogP contribution in [0.4, 0.5) is 17.6 Å². The van der Waals surface area contributed by atoms with Gasteiger partial charge in [0.2, 0.25) is 6.10 Å². The molecule has 3 aliphatic rings. The number of rotatable bonds is 5. The van der Waals surface area contributed by atoms with Crippen LogP contribution in [-0.4, -0.2) is 49.1 Å². The van der Waals surface area contributed by atoms with Crippen molar-refractivity contribution in [3.63, 3.8) is 0 Å². The van der Waals surface area contributed by atoms with Crippen molar-refractivity contribution < 1.29 is 46.2 Å². The second-order valence-electron chi connectivity index (χ2n) is 6.89. The van der Waals surface area contributed by atoms with Gasteiger partial charge in [-0.2, -0.15) is 13.2 Å². The molecule has 6 nitrogen and oxygen atoms in total. The third-order valence-corrected chi connectivity index (χ3v) is 5.28. The first-order valence-corrected chi connectivity index (χ1v) is 7.93. The Morgan fingerprint density at radius 3 is 2.62 bits per heavy atom. The van der Waals surface area contributed by atoms with Crippen molar-refractivity contribution in [2.75, 3.05) is 6.67 Å². The normalized spacial score (nSPS) is 35.8. The van der Waals surface area contributed by atoms with Crippen LogP contribution in [0.1, 0.15) is 19.8 Å². The first kappa shape index (κ1) is 18.7. The monoisotopic (exact) mass is 380 g/mol. The summed E-state index contributed by atoms with van der Waals surface area (Å²) >= 11 is 0. The lowest BCUT2D eigenvalue weighted by Gasteiger charge is -2.31. The van der Waals surface area contributed by atoms with Crippen LogP contribution >= 0.6 is 0 Å². The molecule has 1 aliphatic heterocycles. The van der Waals surface area contributed by atoms with E-state index < -0.39 is 66.3 Å². The van der Waals surface area contributed by atoms with Crippen LogP contribution in [0.2, 0.25) is 0 Å². The Morgan fingerprint density at radius 1 is 1.42 bits per heavy atom. The Bertz CT molecular complexity index is 674. The number of ether oxygens (including phenoxy) is 3. The third-order valence-electron chi connectivity index (χ3n) is 5.28. The maximum atomic E-state index is 12.7. The Morgan fingerprint density at radius 2 is 2.08 bits per heavy atom. The maximum Gasteiger partial charge on any atom is 0.428 e. The summed E-state index contributed by atoms with van der Waals surface area (Å²) in [6.45, 7) is 2.93. The lowest BCUT2D eigenvalue weighted by molar-refractivity contribution is -0.230. The van der Waals surface area contributed by atoms with Crippen molar-refractivity contribution >= 4 is 17.9 Å². The van der Waals surface area contributed by atoms with E-state index in [9.17, 15) is 31.9 Å². The van der Waals surface area contributed by atoms with E-state index in [1.165, 1.54) is 6.92 Å². The highest BCUT2D eigenvalue weighted by Gasteiger charge is 2.75. The van der Waals surface area contributed by atoms with E-state index in [2.05, 4.69) is 11.3 Å². The molecule has 0 amide bonds. The van der Waals surface area contributed by atoms with Crippen LogP contribution in [0, 0.1) is 17.3 Å². The fourth-order valence-corrected chi connectivity index (χ4v) is 4.08. The van der Waals surface area contributed by atoms with Crippen molar-refractivity contribution in [2.45, 2.75) is 44.3 Å². The van der Waals surface area contributed by atoms with Crippen LogP contribution in [0.25, 0.3) is 0 Å². The number of carbonyl (C=O) groups is 3. The van der Waals surface area contributed by atoms with Gasteiger partial charge in [0, 0.05) is 17.4 Å². The number of carbonyl (C=O) groups excluding carboxylic acids is 3. The van der Waals surface area contributed by atoms with Gasteiger partial charge in [-0.15, -0.1) is 0 Å². The SMILES string of the molecule is C=C(C)C(=O)OC1C2CC3C1OC(=O)C3(C(=O)OC(CF)C(F)(F)F)C2. The van der Waals surface area contributed by atoms with Gasteiger partial charge >= 0.3 is 24.1 Å². The third kappa shape index (κ3) is 2.57. The number of halogens is 4. The zero-order chi connectivity index (χ0) is 19.4. The minimum Gasteiger partial charge on any atom is -0.457 e. The average molecular weight is 380 g/mol. The smallest absolute Gasteiger partial charge is 0.428 e. The first-order chi connectivity index (χ1) is 12.0.